The highest BCUT2D eigenvalue weighted by Crippen LogP contribution is 2.27. The second kappa shape index (κ2) is 9.13. The molecule has 1 N–H and O–H groups in total. The zero-order chi connectivity index (χ0) is 20.2. The molecule has 1 aliphatic heterocycles. The molecule has 0 atom stereocenters. The summed E-state index contributed by atoms with van der Waals surface area (Å²) in [5.74, 6) is 0.492. The molecule has 1 aromatic rings. The van der Waals surface area contributed by atoms with E-state index in [9.17, 15) is 13.2 Å². The van der Waals surface area contributed by atoms with Gasteiger partial charge in [-0.1, -0.05) is 32.4 Å². The molecule has 0 spiro atoms. The average molecular weight is 434 g/mol. The minimum absolute atomic E-state index is 0.00886. The van der Waals surface area contributed by atoms with Gasteiger partial charge in [-0.25, -0.2) is 8.42 Å². The number of rotatable bonds is 6. The van der Waals surface area contributed by atoms with Gasteiger partial charge < -0.3 is 10.2 Å². The molecular weight excluding hydrogens is 406 g/mol. The number of likely N-dealkylation sites (N-methyl/N-ethyl adjacent to an activating group) is 1. The van der Waals surface area contributed by atoms with Gasteiger partial charge in [-0.05, 0) is 25.2 Å². The number of nitrogens with zero attached hydrogens (tertiary/aromatic N) is 2. The van der Waals surface area contributed by atoms with Crippen LogP contribution in [0.15, 0.2) is 23.1 Å². The first-order valence-corrected chi connectivity index (χ1v) is 11.7. The van der Waals surface area contributed by atoms with Gasteiger partial charge in [0.15, 0.2) is 0 Å². The minimum atomic E-state index is -3.73. The summed E-state index contributed by atoms with van der Waals surface area (Å²) in [5, 5.41) is 2.97. The van der Waals surface area contributed by atoms with Crippen LogP contribution in [-0.4, -0.2) is 73.8 Å². The number of piperazine rings is 1. The van der Waals surface area contributed by atoms with Crippen molar-refractivity contribution in [3.8, 4) is 0 Å². The monoisotopic (exact) mass is 433 g/mol. The standard InChI is InChI=1S/C18H28ClN3O3S2/c1-18(2,3)26-12-7-20-17(23)14-5-6-15(19)16(13-14)27(24,25)22-10-8-21(4)9-11-22/h5-6,13H,7-12H2,1-4H3,(H,20,23). The maximum Gasteiger partial charge on any atom is 0.251 e. The average Bonchev–Trinajstić information content (AvgIpc) is 2.58. The number of sulfonamides is 1. The topological polar surface area (TPSA) is 69.7 Å². The van der Waals surface area contributed by atoms with Crippen LogP contribution in [0.4, 0.5) is 0 Å². The van der Waals surface area contributed by atoms with E-state index < -0.39 is 10.0 Å². The highest BCUT2D eigenvalue weighted by molar-refractivity contribution is 8.00. The molecule has 0 aliphatic carbocycles. The summed E-state index contributed by atoms with van der Waals surface area (Å²) in [4.78, 5) is 14.5. The Morgan fingerprint density at radius 1 is 1.22 bits per heavy atom. The first-order chi connectivity index (χ1) is 12.5. The number of halogens is 1. The van der Waals surface area contributed by atoms with E-state index >= 15 is 0 Å². The fraction of sp³-hybridized carbons (Fsp3) is 0.611. The number of hydrogen-bond donors (Lipinski definition) is 1. The first kappa shape index (κ1) is 22.5. The van der Waals surface area contributed by atoms with Gasteiger partial charge in [0, 0.05) is 48.8 Å². The van der Waals surface area contributed by atoms with Crippen LogP contribution in [0.25, 0.3) is 0 Å². The van der Waals surface area contributed by atoms with Gasteiger partial charge in [0.2, 0.25) is 10.0 Å². The smallest absolute Gasteiger partial charge is 0.251 e. The van der Waals surface area contributed by atoms with Gasteiger partial charge in [0.1, 0.15) is 4.90 Å². The third-order valence-corrected chi connectivity index (χ3v) is 7.85. The predicted octanol–water partition coefficient (Wildman–Crippen LogP) is 2.54. The summed E-state index contributed by atoms with van der Waals surface area (Å²) in [6.07, 6.45) is 0. The highest BCUT2D eigenvalue weighted by atomic mass is 35.5. The van der Waals surface area contributed by atoms with Gasteiger partial charge in [0.25, 0.3) is 5.91 Å². The van der Waals surface area contributed by atoms with Crippen LogP contribution in [0.1, 0.15) is 31.1 Å². The number of carbonyl (C=O) groups is 1. The lowest BCUT2D eigenvalue weighted by Crippen LogP contribution is -2.47. The lowest BCUT2D eigenvalue weighted by molar-refractivity contribution is 0.0956. The third-order valence-electron chi connectivity index (χ3n) is 4.20. The van der Waals surface area contributed by atoms with Crippen molar-refractivity contribution in [2.75, 3.05) is 45.5 Å². The van der Waals surface area contributed by atoms with Crippen LogP contribution in [0.3, 0.4) is 0 Å². The molecule has 1 saturated heterocycles. The summed E-state index contributed by atoms with van der Waals surface area (Å²) in [6, 6.07) is 4.41. The molecule has 152 valence electrons. The van der Waals surface area contributed by atoms with Crippen molar-refractivity contribution in [1.29, 1.82) is 0 Å². The predicted molar refractivity (Wildman–Crippen MR) is 112 cm³/mol. The number of carbonyl (C=O) groups excluding carboxylic acids is 1. The van der Waals surface area contributed by atoms with Crippen LogP contribution < -0.4 is 5.32 Å². The van der Waals surface area contributed by atoms with Crippen LogP contribution in [0.2, 0.25) is 5.02 Å². The van der Waals surface area contributed by atoms with Gasteiger partial charge in [-0.3, -0.25) is 4.79 Å². The van der Waals surface area contributed by atoms with Crippen molar-refractivity contribution in [3.05, 3.63) is 28.8 Å². The molecule has 1 heterocycles. The Labute approximate surface area is 171 Å². The Balaban J connectivity index is 2.10. The molecule has 27 heavy (non-hydrogen) atoms. The SMILES string of the molecule is CN1CCN(S(=O)(=O)c2cc(C(=O)NCCSC(C)(C)C)ccc2Cl)CC1. The molecule has 0 saturated carbocycles. The Kier molecular flexibility index (Phi) is 7.61. The van der Waals surface area contributed by atoms with E-state index in [0.717, 1.165) is 5.75 Å². The lowest BCUT2D eigenvalue weighted by atomic mass is 10.2. The summed E-state index contributed by atoms with van der Waals surface area (Å²) >= 11 is 7.92. The van der Waals surface area contributed by atoms with Crippen molar-refractivity contribution in [3.63, 3.8) is 0 Å². The maximum absolute atomic E-state index is 12.9. The Bertz CT molecular complexity index is 771. The van der Waals surface area contributed by atoms with E-state index in [2.05, 4.69) is 31.0 Å². The van der Waals surface area contributed by atoms with E-state index in [0.29, 0.717) is 38.3 Å². The Morgan fingerprint density at radius 3 is 2.44 bits per heavy atom. The van der Waals surface area contributed by atoms with Gasteiger partial charge in [-0.2, -0.15) is 16.1 Å². The molecule has 1 amide bonds. The minimum Gasteiger partial charge on any atom is -0.351 e. The van der Waals surface area contributed by atoms with Crippen molar-refractivity contribution >= 4 is 39.3 Å². The second-order valence-electron chi connectivity index (χ2n) is 7.57. The highest BCUT2D eigenvalue weighted by Gasteiger charge is 2.30. The summed E-state index contributed by atoms with van der Waals surface area (Å²) in [7, 11) is -1.77. The zero-order valence-corrected chi connectivity index (χ0v) is 18.7. The summed E-state index contributed by atoms with van der Waals surface area (Å²) in [5.41, 5.74) is 0.299. The fourth-order valence-electron chi connectivity index (χ4n) is 2.63. The number of hydrogen-bond acceptors (Lipinski definition) is 5. The van der Waals surface area contributed by atoms with Crippen LogP contribution in [0.5, 0.6) is 0 Å². The summed E-state index contributed by atoms with van der Waals surface area (Å²) in [6.45, 7) is 9.04. The van der Waals surface area contributed by atoms with Crippen molar-refractivity contribution < 1.29 is 13.2 Å². The van der Waals surface area contributed by atoms with Crippen molar-refractivity contribution in [2.45, 2.75) is 30.4 Å². The van der Waals surface area contributed by atoms with Gasteiger partial charge in [-0.15, -0.1) is 0 Å². The summed E-state index contributed by atoms with van der Waals surface area (Å²) < 4.78 is 27.5. The normalized spacial score (nSPS) is 17.1. The van der Waals surface area contributed by atoms with Gasteiger partial charge >= 0.3 is 0 Å². The van der Waals surface area contributed by atoms with Crippen molar-refractivity contribution in [1.82, 2.24) is 14.5 Å². The van der Waals surface area contributed by atoms with E-state index in [1.165, 1.54) is 16.4 Å². The van der Waals surface area contributed by atoms with Crippen LogP contribution >= 0.6 is 23.4 Å². The quantitative estimate of drug-likeness (QED) is 0.698. The number of nitrogens with one attached hydrogen (secondary N) is 1. The van der Waals surface area contributed by atoms with Crippen molar-refractivity contribution in [2.24, 2.45) is 0 Å². The van der Waals surface area contributed by atoms with E-state index in [1.807, 2.05) is 7.05 Å². The molecule has 1 aromatic carbocycles. The molecule has 9 heteroatoms. The molecule has 0 bridgehead atoms. The van der Waals surface area contributed by atoms with Crippen LogP contribution in [-0.2, 0) is 10.0 Å². The Morgan fingerprint density at radius 2 is 1.85 bits per heavy atom. The van der Waals surface area contributed by atoms with E-state index in [1.54, 1.807) is 17.8 Å². The first-order valence-electron chi connectivity index (χ1n) is 8.91. The molecular formula is C18H28ClN3O3S2. The number of benzene rings is 1. The number of amides is 1. The molecule has 2 rings (SSSR count). The second-order valence-corrected chi connectivity index (χ2v) is 11.8. The molecule has 1 fully saturated rings. The molecule has 0 unspecified atom stereocenters. The lowest BCUT2D eigenvalue weighted by Gasteiger charge is -2.31. The maximum atomic E-state index is 12.9. The molecule has 0 aromatic heterocycles. The Hall–Kier alpha value is -0.800. The van der Waals surface area contributed by atoms with E-state index in [4.69, 9.17) is 11.6 Å². The van der Waals surface area contributed by atoms with Gasteiger partial charge in [0.05, 0.1) is 5.02 Å². The fourth-order valence-corrected chi connectivity index (χ4v) is 5.37. The molecule has 1 aliphatic rings. The molecule has 0 radical (unpaired) electrons. The number of thioether (sulfide) groups is 1. The molecule has 6 nitrogen and oxygen atoms in total. The van der Waals surface area contributed by atoms with E-state index in [-0.39, 0.29) is 20.6 Å². The zero-order valence-electron chi connectivity index (χ0n) is 16.3. The van der Waals surface area contributed by atoms with Crippen LogP contribution in [0, 0.1) is 0 Å². The largest absolute Gasteiger partial charge is 0.351 e. The third kappa shape index (κ3) is 6.35.